The highest BCUT2D eigenvalue weighted by Crippen LogP contribution is 2.29. The van der Waals surface area contributed by atoms with Crippen LogP contribution in [0.1, 0.15) is 16.7 Å². The lowest BCUT2D eigenvalue weighted by Crippen LogP contribution is -2.43. The van der Waals surface area contributed by atoms with Gasteiger partial charge in [-0.3, -0.25) is 4.79 Å². The molecule has 2 N–H and O–H groups in total. The van der Waals surface area contributed by atoms with E-state index in [4.69, 9.17) is 0 Å². The Morgan fingerprint density at radius 1 is 0.897 bits per heavy atom. The van der Waals surface area contributed by atoms with Gasteiger partial charge in [0.2, 0.25) is 5.91 Å². The Morgan fingerprint density at radius 3 is 2.14 bits per heavy atom. The first-order chi connectivity index (χ1) is 13.7. The molecule has 7 heteroatoms. The molecule has 1 amide bonds. The first-order valence-electron chi connectivity index (χ1n) is 8.88. The number of alkyl halides is 3. The fourth-order valence-electron chi connectivity index (χ4n) is 3.04. The summed E-state index contributed by atoms with van der Waals surface area (Å²) in [4.78, 5) is 23.8. The molecule has 1 atom stereocenters. The van der Waals surface area contributed by atoms with Crippen LogP contribution >= 0.6 is 0 Å². The van der Waals surface area contributed by atoms with Crippen molar-refractivity contribution in [1.82, 2.24) is 5.32 Å². The maximum atomic E-state index is 12.6. The average Bonchev–Trinajstić information content (AvgIpc) is 2.67. The number of amides is 1. The molecule has 0 heterocycles. The van der Waals surface area contributed by atoms with Crippen molar-refractivity contribution in [1.29, 1.82) is 0 Å². The minimum atomic E-state index is -4.45. The van der Waals surface area contributed by atoms with Crippen LogP contribution in [-0.2, 0) is 28.6 Å². The summed E-state index contributed by atoms with van der Waals surface area (Å²) < 4.78 is 37.8. The lowest BCUT2D eigenvalue weighted by molar-refractivity contribution is -0.141. The average molecular weight is 401 g/mol. The van der Waals surface area contributed by atoms with E-state index in [2.05, 4.69) is 5.32 Å². The second-order valence-corrected chi connectivity index (χ2v) is 6.72. The number of nitrogens with one attached hydrogen (secondary N) is 1. The number of halogens is 3. The molecule has 3 aromatic rings. The molecule has 0 aliphatic heterocycles. The van der Waals surface area contributed by atoms with Crippen molar-refractivity contribution in [3.8, 4) is 0 Å². The number of rotatable bonds is 6. The van der Waals surface area contributed by atoms with E-state index in [1.165, 1.54) is 12.1 Å². The van der Waals surface area contributed by atoms with Gasteiger partial charge in [-0.2, -0.15) is 13.2 Å². The van der Waals surface area contributed by atoms with Crippen molar-refractivity contribution >= 4 is 22.6 Å². The van der Waals surface area contributed by atoms with Crippen LogP contribution in [0.2, 0.25) is 0 Å². The molecule has 0 aliphatic carbocycles. The molecule has 150 valence electrons. The van der Waals surface area contributed by atoms with E-state index in [0.717, 1.165) is 28.5 Å². The Labute approximate surface area is 165 Å². The standard InChI is InChI=1S/C22H18F3NO3/c23-22(24,25)18-9-6-14(7-10-18)13-20(27)26-19(21(28)29)12-15-5-8-16-3-1-2-4-17(16)11-15/h1-11,19H,12-13H2,(H,26,27)(H,28,29)/t19-/m1/s1. The summed E-state index contributed by atoms with van der Waals surface area (Å²) >= 11 is 0. The number of carbonyl (C=O) groups excluding carboxylic acids is 1. The van der Waals surface area contributed by atoms with Crippen molar-refractivity contribution in [2.24, 2.45) is 0 Å². The summed E-state index contributed by atoms with van der Waals surface area (Å²) in [6.07, 6.45) is -4.56. The first-order valence-corrected chi connectivity index (χ1v) is 8.88. The summed E-state index contributed by atoms with van der Waals surface area (Å²) in [6, 6.07) is 16.3. The Balaban J connectivity index is 1.66. The van der Waals surface area contributed by atoms with Crippen molar-refractivity contribution in [2.75, 3.05) is 0 Å². The number of fused-ring (bicyclic) bond motifs is 1. The van der Waals surface area contributed by atoms with Gasteiger partial charge in [-0.25, -0.2) is 4.79 Å². The number of carbonyl (C=O) groups is 2. The number of hydrogen-bond donors (Lipinski definition) is 2. The Bertz CT molecular complexity index is 1030. The second kappa shape index (κ2) is 8.34. The fraction of sp³-hybridized carbons (Fsp3) is 0.182. The van der Waals surface area contributed by atoms with Crippen LogP contribution in [-0.4, -0.2) is 23.0 Å². The molecule has 29 heavy (non-hydrogen) atoms. The molecule has 0 saturated carbocycles. The molecule has 0 spiro atoms. The van der Waals surface area contributed by atoms with Crippen LogP contribution in [0.4, 0.5) is 13.2 Å². The fourth-order valence-corrected chi connectivity index (χ4v) is 3.04. The minimum Gasteiger partial charge on any atom is -0.480 e. The van der Waals surface area contributed by atoms with Gasteiger partial charge in [-0.05, 0) is 34.0 Å². The molecule has 0 saturated heterocycles. The van der Waals surface area contributed by atoms with Gasteiger partial charge in [0, 0.05) is 6.42 Å². The largest absolute Gasteiger partial charge is 0.480 e. The van der Waals surface area contributed by atoms with E-state index in [9.17, 15) is 27.9 Å². The van der Waals surface area contributed by atoms with Crippen LogP contribution in [0.25, 0.3) is 10.8 Å². The molecule has 0 radical (unpaired) electrons. The van der Waals surface area contributed by atoms with Gasteiger partial charge in [0.25, 0.3) is 0 Å². The SMILES string of the molecule is O=C(Cc1ccc(C(F)(F)F)cc1)N[C@H](Cc1ccc2ccccc2c1)C(=O)O. The van der Waals surface area contributed by atoms with Gasteiger partial charge < -0.3 is 10.4 Å². The number of aliphatic carboxylic acids is 1. The third-order valence-corrected chi connectivity index (χ3v) is 4.53. The quantitative estimate of drug-likeness (QED) is 0.650. The van der Waals surface area contributed by atoms with Crippen LogP contribution in [0.3, 0.4) is 0 Å². The van der Waals surface area contributed by atoms with Gasteiger partial charge in [-0.1, -0.05) is 54.6 Å². The molecule has 0 bridgehead atoms. The zero-order valence-electron chi connectivity index (χ0n) is 15.2. The molecule has 0 fully saturated rings. The molecular weight excluding hydrogens is 383 g/mol. The molecule has 0 aromatic heterocycles. The van der Waals surface area contributed by atoms with Crippen molar-refractivity contribution in [3.63, 3.8) is 0 Å². The number of carboxylic acids is 1. The predicted octanol–water partition coefficient (Wildman–Crippen LogP) is 4.21. The second-order valence-electron chi connectivity index (χ2n) is 6.72. The Morgan fingerprint density at radius 2 is 1.52 bits per heavy atom. The maximum Gasteiger partial charge on any atom is 0.416 e. The van der Waals surface area contributed by atoms with E-state index in [-0.39, 0.29) is 12.8 Å². The lowest BCUT2D eigenvalue weighted by atomic mass is 10.0. The summed E-state index contributed by atoms with van der Waals surface area (Å²) in [6.45, 7) is 0. The monoisotopic (exact) mass is 401 g/mol. The topological polar surface area (TPSA) is 66.4 Å². The van der Waals surface area contributed by atoms with Crippen LogP contribution < -0.4 is 5.32 Å². The smallest absolute Gasteiger partial charge is 0.416 e. The molecule has 3 aromatic carbocycles. The molecule has 3 rings (SSSR count). The summed E-state index contributed by atoms with van der Waals surface area (Å²) in [5, 5.41) is 13.9. The third kappa shape index (κ3) is 5.34. The zero-order chi connectivity index (χ0) is 21.0. The van der Waals surface area contributed by atoms with Gasteiger partial charge in [0.1, 0.15) is 6.04 Å². The molecule has 0 unspecified atom stereocenters. The third-order valence-electron chi connectivity index (χ3n) is 4.53. The van der Waals surface area contributed by atoms with Crippen molar-refractivity contribution < 1.29 is 27.9 Å². The minimum absolute atomic E-state index is 0.0961. The van der Waals surface area contributed by atoms with E-state index in [1.807, 2.05) is 36.4 Å². The van der Waals surface area contributed by atoms with Gasteiger partial charge in [0.15, 0.2) is 0 Å². The van der Waals surface area contributed by atoms with Crippen molar-refractivity contribution in [3.05, 3.63) is 83.4 Å². The number of benzene rings is 3. The van der Waals surface area contributed by atoms with Crippen LogP contribution in [0, 0.1) is 0 Å². The predicted molar refractivity (Wildman–Crippen MR) is 102 cm³/mol. The summed E-state index contributed by atoms with van der Waals surface area (Å²) in [5.74, 6) is -1.75. The zero-order valence-corrected chi connectivity index (χ0v) is 15.2. The normalized spacial score (nSPS) is 12.5. The lowest BCUT2D eigenvalue weighted by Gasteiger charge is -2.15. The number of hydrogen-bond acceptors (Lipinski definition) is 2. The van der Waals surface area contributed by atoms with Gasteiger partial charge in [0.05, 0.1) is 12.0 Å². The molecular formula is C22H18F3NO3. The molecule has 0 aliphatic rings. The van der Waals surface area contributed by atoms with E-state index in [1.54, 1.807) is 6.07 Å². The summed E-state index contributed by atoms with van der Waals surface area (Å²) in [7, 11) is 0. The molecule has 4 nitrogen and oxygen atoms in total. The van der Waals surface area contributed by atoms with E-state index in [0.29, 0.717) is 5.56 Å². The summed E-state index contributed by atoms with van der Waals surface area (Å²) in [5.41, 5.74) is 0.317. The van der Waals surface area contributed by atoms with Gasteiger partial charge in [-0.15, -0.1) is 0 Å². The van der Waals surface area contributed by atoms with E-state index >= 15 is 0 Å². The van der Waals surface area contributed by atoms with Crippen molar-refractivity contribution in [2.45, 2.75) is 25.1 Å². The highest BCUT2D eigenvalue weighted by molar-refractivity contribution is 5.86. The van der Waals surface area contributed by atoms with E-state index < -0.39 is 29.7 Å². The first kappa shape index (κ1) is 20.4. The highest BCUT2D eigenvalue weighted by Gasteiger charge is 2.30. The highest BCUT2D eigenvalue weighted by atomic mass is 19.4. The Hall–Kier alpha value is -3.35. The maximum absolute atomic E-state index is 12.6. The van der Waals surface area contributed by atoms with Crippen LogP contribution in [0.15, 0.2) is 66.7 Å². The van der Waals surface area contributed by atoms with Gasteiger partial charge >= 0.3 is 12.1 Å². The van der Waals surface area contributed by atoms with Crippen LogP contribution in [0.5, 0.6) is 0 Å². The Kier molecular flexibility index (Phi) is 5.87. The number of carboxylic acid groups (broad SMARTS) is 1.